The molecule has 3 rings (SSSR count). The minimum atomic E-state index is -0.453. The minimum absolute atomic E-state index is 0.111. The third-order valence-electron chi connectivity index (χ3n) is 3.28. The van der Waals surface area contributed by atoms with E-state index < -0.39 is 11.2 Å². The van der Waals surface area contributed by atoms with Gasteiger partial charge in [0.2, 0.25) is 0 Å². The largest absolute Gasteiger partial charge is 0.507 e. The highest BCUT2D eigenvalue weighted by Crippen LogP contribution is 2.19. The van der Waals surface area contributed by atoms with Crippen molar-refractivity contribution in [2.24, 2.45) is 0 Å². The second-order valence-corrected chi connectivity index (χ2v) is 4.42. The van der Waals surface area contributed by atoms with Crippen LogP contribution in [0.5, 0.6) is 5.75 Å². The molecule has 0 spiro atoms. The molecule has 1 aliphatic heterocycles. The third-order valence-corrected chi connectivity index (χ3v) is 3.28. The molecule has 2 aromatic rings. The smallest absolute Gasteiger partial charge is 0.330 e. The number of hydrogen-bond acceptors (Lipinski definition) is 4. The molecule has 0 saturated carbocycles. The first kappa shape index (κ1) is 11.0. The molecule has 1 saturated heterocycles. The van der Waals surface area contributed by atoms with E-state index in [1.165, 1.54) is 6.07 Å². The van der Waals surface area contributed by atoms with Gasteiger partial charge in [0, 0.05) is 0 Å². The molecule has 0 radical (unpaired) electrons. The van der Waals surface area contributed by atoms with Crippen LogP contribution in [-0.4, -0.2) is 21.2 Å². The van der Waals surface area contributed by atoms with Crippen molar-refractivity contribution < 1.29 is 5.11 Å². The molecule has 1 aromatic heterocycles. The molecule has 1 atom stereocenters. The van der Waals surface area contributed by atoms with Crippen LogP contribution in [0.1, 0.15) is 19.0 Å². The lowest BCUT2D eigenvalue weighted by molar-refractivity contribution is 0.436. The number of fused-ring (bicyclic) bond motifs is 1. The first-order valence-corrected chi connectivity index (χ1v) is 5.88. The predicted octanol–water partition coefficient (Wildman–Crippen LogP) is 0.277. The van der Waals surface area contributed by atoms with Crippen molar-refractivity contribution in [3.05, 3.63) is 39.0 Å². The van der Waals surface area contributed by atoms with E-state index in [1.807, 2.05) is 0 Å². The molecular weight excluding hydrogens is 234 g/mol. The SMILES string of the molecule is O=c1[nH]c2cccc(O)c2c(=O)n1C1CCCN1. The van der Waals surface area contributed by atoms with Crippen LogP contribution in [0.4, 0.5) is 0 Å². The molecule has 6 heteroatoms. The maximum Gasteiger partial charge on any atom is 0.330 e. The summed E-state index contributed by atoms with van der Waals surface area (Å²) < 4.78 is 1.15. The number of phenols is 1. The Hall–Kier alpha value is -2.08. The van der Waals surface area contributed by atoms with Gasteiger partial charge >= 0.3 is 5.69 Å². The second kappa shape index (κ2) is 3.99. The standard InChI is InChI=1S/C12H13N3O3/c16-8-4-1-3-7-10(8)11(17)15(12(18)14-7)9-5-2-6-13-9/h1,3-4,9,13,16H,2,5-6H2,(H,14,18). The highest BCUT2D eigenvalue weighted by Gasteiger charge is 2.21. The molecule has 6 nitrogen and oxygen atoms in total. The second-order valence-electron chi connectivity index (χ2n) is 4.42. The molecule has 94 valence electrons. The molecular formula is C12H13N3O3. The molecule has 0 bridgehead atoms. The zero-order valence-electron chi connectivity index (χ0n) is 9.64. The van der Waals surface area contributed by atoms with Crippen molar-refractivity contribution >= 4 is 10.9 Å². The summed E-state index contributed by atoms with van der Waals surface area (Å²) in [6.07, 6.45) is 1.38. The van der Waals surface area contributed by atoms with Gasteiger partial charge in [-0.2, -0.15) is 0 Å². The molecule has 18 heavy (non-hydrogen) atoms. The summed E-state index contributed by atoms with van der Waals surface area (Å²) in [5, 5.41) is 13.0. The molecule has 2 heterocycles. The Labute approximate surface area is 102 Å². The molecule has 3 N–H and O–H groups in total. The Morgan fingerprint density at radius 2 is 2.17 bits per heavy atom. The molecule has 1 fully saturated rings. The van der Waals surface area contributed by atoms with Crippen molar-refractivity contribution in [2.45, 2.75) is 19.0 Å². The number of aromatic amines is 1. The lowest BCUT2D eigenvalue weighted by Gasteiger charge is -2.13. The van der Waals surface area contributed by atoms with Crippen LogP contribution in [0.15, 0.2) is 27.8 Å². The number of aromatic hydroxyl groups is 1. The number of aromatic nitrogens is 2. The molecule has 1 unspecified atom stereocenters. The summed E-state index contributed by atoms with van der Waals surface area (Å²) in [6.45, 7) is 0.787. The van der Waals surface area contributed by atoms with Crippen molar-refractivity contribution in [1.29, 1.82) is 0 Å². The number of phenolic OH excluding ortho intramolecular Hbond substituents is 1. The number of hydrogen-bond donors (Lipinski definition) is 3. The van der Waals surface area contributed by atoms with Crippen molar-refractivity contribution in [3.63, 3.8) is 0 Å². The number of H-pyrrole nitrogens is 1. The highest BCUT2D eigenvalue weighted by molar-refractivity contribution is 5.83. The van der Waals surface area contributed by atoms with Crippen LogP contribution in [0, 0.1) is 0 Å². The van der Waals surface area contributed by atoms with E-state index >= 15 is 0 Å². The van der Waals surface area contributed by atoms with Gasteiger partial charge in [-0.15, -0.1) is 0 Å². The Bertz CT molecular complexity index is 711. The third kappa shape index (κ3) is 1.53. The Balaban J connectivity index is 2.36. The molecule has 1 aliphatic rings. The van der Waals surface area contributed by atoms with Crippen LogP contribution in [0.2, 0.25) is 0 Å². The molecule has 0 amide bonds. The van der Waals surface area contributed by atoms with Gasteiger partial charge in [-0.25, -0.2) is 9.36 Å². The zero-order chi connectivity index (χ0) is 12.7. The molecule has 0 aliphatic carbocycles. The van der Waals surface area contributed by atoms with Crippen molar-refractivity contribution in [3.8, 4) is 5.75 Å². The van der Waals surface area contributed by atoms with Gasteiger partial charge in [0.05, 0.1) is 11.7 Å². The van der Waals surface area contributed by atoms with Gasteiger partial charge in [0.1, 0.15) is 11.1 Å². The summed E-state index contributed by atoms with van der Waals surface area (Å²) in [6, 6.07) is 4.63. The summed E-state index contributed by atoms with van der Waals surface area (Å²) >= 11 is 0. The van der Waals surface area contributed by atoms with Crippen molar-refractivity contribution in [2.75, 3.05) is 6.54 Å². The van der Waals surface area contributed by atoms with Crippen LogP contribution in [-0.2, 0) is 0 Å². The van der Waals surface area contributed by atoms with Gasteiger partial charge in [-0.05, 0) is 31.5 Å². The summed E-state index contributed by atoms with van der Waals surface area (Å²) in [7, 11) is 0. The number of nitrogens with zero attached hydrogens (tertiary/aromatic N) is 1. The predicted molar refractivity (Wildman–Crippen MR) is 66.8 cm³/mol. The Kier molecular flexibility index (Phi) is 2.45. The van der Waals surface area contributed by atoms with Gasteiger partial charge in [0.15, 0.2) is 0 Å². The lowest BCUT2D eigenvalue weighted by atomic mass is 10.2. The fraction of sp³-hybridized carbons (Fsp3) is 0.333. The zero-order valence-corrected chi connectivity index (χ0v) is 9.64. The normalized spacial score (nSPS) is 19.4. The van der Waals surface area contributed by atoms with Gasteiger partial charge in [-0.3, -0.25) is 10.1 Å². The fourth-order valence-electron chi connectivity index (χ4n) is 2.43. The summed E-state index contributed by atoms with van der Waals surface area (Å²) in [5.74, 6) is -0.111. The summed E-state index contributed by atoms with van der Waals surface area (Å²) in [4.78, 5) is 26.9. The van der Waals surface area contributed by atoms with E-state index in [0.29, 0.717) is 5.52 Å². The van der Waals surface area contributed by atoms with E-state index in [-0.39, 0.29) is 17.3 Å². The molecule has 1 aromatic carbocycles. The lowest BCUT2D eigenvalue weighted by Crippen LogP contribution is -2.41. The van der Waals surface area contributed by atoms with E-state index in [4.69, 9.17) is 0 Å². The van der Waals surface area contributed by atoms with E-state index in [9.17, 15) is 14.7 Å². The topological polar surface area (TPSA) is 87.1 Å². The van der Waals surface area contributed by atoms with Gasteiger partial charge in [0.25, 0.3) is 5.56 Å². The van der Waals surface area contributed by atoms with Crippen LogP contribution >= 0.6 is 0 Å². The van der Waals surface area contributed by atoms with E-state index in [0.717, 1.165) is 24.0 Å². The first-order chi connectivity index (χ1) is 8.68. The number of nitrogens with one attached hydrogen (secondary N) is 2. The number of rotatable bonds is 1. The average molecular weight is 247 g/mol. The Morgan fingerprint density at radius 1 is 1.33 bits per heavy atom. The van der Waals surface area contributed by atoms with Crippen molar-refractivity contribution in [1.82, 2.24) is 14.9 Å². The number of benzene rings is 1. The van der Waals surface area contributed by atoms with Crippen LogP contribution < -0.4 is 16.6 Å². The minimum Gasteiger partial charge on any atom is -0.507 e. The van der Waals surface area contributed by atoms with Gasteiger partial charge in [-0.1, -0.05) is 6.07 Å². The monoisotopic (exact) mass is 247 g/mol. The van der Waals surface area contributed by atoms with Gasteiger partial charge < -0.3 is 10.1 Å². The highest BCUT2D eigenvalue weighted by atomic mass is 16.3. The first-order valence-electron chi connectivity index (χ1n) is 5.88. The Morgan fingerprint density at radius 3 is 2.89 bits per heavy atom. The summed E-state index contributed by atoms with van der Waals surface area (Å²) in [5.41, 5.74) is -0.539. The van der Waals surface area contributed by atoms with Crippen LogP contribution in [0.3, 0.4) is 0 Å². The maximum atomic E-state index is 12.3. The van der Waals surface area contributed by atoms with E-state index in [2.05, 4.69) is 10.3 Å². The quantitative estimate of drug-likeness (QED) is 0.675. The fourth-order valence-corrected chi connectivity index (χ4v) is 2.43. The van der Waals surface area contributed by atoms with Crippen LogP contribution in [0.25, 0.3) is 10.9 Å². The van der Waals surface area contributed by atoms with E-state index in [1.54, 1.807) is 12.1 Å². The average Bonchev–Trinajstić information content (AvgIpc) is 2.82. The maximum absolute atomic E-state index is 12.3.